The first-order chi connectivity index (χ1) is 14.1. The van der Waals surface area contributed by atoms with Gasteiger partial charge in [0.1, 0.15) is 0 Å². The smallest absolute Gasteiger partial charge is 0.339 e. The van der Waals surface area contributed by atoms with Crippen molar-refractivity contribution in [3.05, 3.63) is 29.2 Å². The zero-order valence-corrected chi connectivity index (χ0v) is 17.7. The molecular weight excluding hydrogens is 393 g/mol. The molecule has 0 spiro atoms. The number of carbonyl (C=O) groups is 1. The first-order valence-corrected chi connectivity index (χ1v) is 10.7. The number of halogens is 3. The number of piperidine rings is 1. The number of fused-ring (bicyclic) bond motifs is 1. The lowest BCUT2D eigenvalue weighted by Gasteiger charge is -2.43. The zero-order valence-electron chi connectivity index (χ0n) is 17.7. The number of carbonyl (C=O) groups excluding carboxylic acids is 1. The van der Waals surface area contributed by atoms with Crippen LogP contribution in [0, 0.1) is 12.8 Å². The van der Waals surface area contributed by atoms with Gasteiger partial charge in [-0.2, -0.15) is 18.3 Å². The highest BCUT2D eigenvalue weighted by Crippen LogP contribution is 2.43. The van der Waals surface area contributed by atoms with E-state index in [0.29, 0.717) is 19.4 Å². The molecule has 1 aliphatic carbocycles. The molecular formula is C22H29F3N4O. The normalized spacial score (nSPS) is 27.4. The van der Waals surface area contributed by atoms with Crippen molar-refractivity contribution in [2.24, 2.45) is 5.92 Å². The Morgan fingerprint density at radius 2 is 1.80 bits per heavy atom. The minimum Gasteiger partial charge on any atom is -0.339 e. The van der Waals surface area contributed by atoms with Gasteiger partial charge in [0.05, 0.1) is 17.3 Å². The summed E-state index contributed by atoms with van der Waals surface area (Å²) in [6.45, 7) is 6.72. The number of aromatic nitrogens is 3. The maximum absolute atomic E-state index is 13.0. The van der Waals surface area contributed by atoms with E-state index in [0.717, 1.165) is 42.0 Å². The van der Waals surface area contributed by atoms with Gasteiger partial charge in [0.2, 0.25) is 6.41 Å². The van der Waals surface area contributed by atoms with Crippen molar-refractivity contribution in [1.82, 2.24) is 19.5 Å². The summed E-state index contributed by atoms with van der Waals surface area (Å²) in [5, 5.41) is 4.79. The van der Waals surface area contributed by atoms with Gasteiger partial charge in [-0.1, -0.05) is 0 Å². The molecule has 1 atom stereocenters. The summed E-state index contributed by atoms with van der Waals surface area (Å²) in [6, 6.07) is 3.95. The quantitative estimate of drug-likeness (QED) is 0.655. The number of hydrogen-bond donors (Lipinski definition) is 0. The second-order valence-corrected chi connectivity index (χ2v) is 9.56. The molecule has 4 rings (SSSR count). The Labute approximate surface area is 174 Å². The van der Waals surface area contributed by atoms with Crippen LogP contribution in [-0.2, 0) is 4.79 Å². The highest BCUT2D eigenvalue weighted by Gasteiger charge is 2.42. The number of amides is 1. The number of alkyl halides is 3. The fourth-order valence-corrected chi connectivity index (χ4v) is 5.03. The van der Waals surface area contributed by atoms with Crippen LogP contribution >= 0.6 is 0 Å². The fourth-order valence-electron chi connectivity index (χ4n) is 5.03. The molecule has 0 bridgehead atoms. The second-order valence-electron chi connectivity index (χ2n) is 9.56. The summed E-state index contributed by atoms with van der Waals surface area (Å²) in [4.78, 5) is 18.1. The Morgan fingerprint density at radius 1 is 1.10 bits per heavy atom. The number of nitrogens with zero attached hydrogens (tertiary/aromatic N) is 4. The number of aryl methyl sites for hydroxylation is 1. The molecule has 1 aliphatic heterocycles. The first kappa shape index (κ1) is 21.1. The molecule has 5 nitrogen and oxygen atoms in total. The maximum Gasteiger partial charge on any atom is 0.391 e. The third-order valence-corrected chi connectivity index (χ3v) is 7.05. The summed E-state index contributed by atoms with van der Waals surface area (Å²) < 4.78 is 40.8. The van der Waals surface area contributed by atoms with Gasteiger partial charge in [0.15, 0.2) is 5.65 Å². The molecule has 3 heterocycles. The van der Waals surface area contributed by atoms with Crippen LogP contribution in [0.3, 0.4) is 0 Å². The lowest BCUT2D eigenvalue weighted by atomic mass is 9.80. The second kappa shape index (κ2) is 7.54. The summed E-state index contributed by atoms with van der Waals surface area (Å²) >= 11 is 0. The van der Waals surface area contributed by atoms with Crippen LogP contribution in [0.5, 0.6) is 0 Å². The molecule has 0 N–H and O–H groups in total. The predicted octanol–water partition coefficient (Wildman–Crippen LogP) is 4.99. The molecule has 2 fully saturated rings. The van der Waals surface area contributed by atoms with Gasteiger partial charge in [0.25, 0.3) is 0 Å². The SMILES string of the molecule is Cc1cc([C@@H]2CCC(C)(C)N(C=O)C2)n2nc(C3CCC(C(F)(F)F)CC3)cc2n1. The molecule has 0 unspecified atom stereocenters. The number of hydrogen-bond acceptors (Lipinski definition) is 3. The van der Waals surface area contributed by atoms with Gasteiger partial charge in [-0.15, -0.1) is 0 Å². The van der Waals surface area contributed by atoms with E-state index in [1.807, 2.05) is 28.5 Å². The van der Waals surface area contributed by atoms with Gasteiger partial charge in [-0.3, -0.25) is 4.79 Å². The van der Waals surface area contributed by atoms with E-state index < -0.39 is 12.1 Å². The van der Waals surface area contributed by atoms with Crippen molar-refractivity contribution in [3.8, 4) is 0 Å². The van der Waals surface area contributed by atoms with E-state index in [4.69, 9.17) is 5.10 Å². The third-order valence-electron chi connectivity index (χ3n) is 7.05. The molecule has 8 heteroatoms. The first-order valence-electron chi connectivity index (χ1n) is 10.7. The average Bonchev–Trinajstić information content (AvgIpc) is 3.10. The molecule has 1 amide bonds. The van der Waals surface area contributed by atoms with Crippen molar-refractivity contribution in [3.63, 3.8) is 0 Å². The highest BCUT2D eigenvalue weighted by atomic mass is 19.4. The van der Waals surface area contributed by atoms with Crippen molar-refractivity contribution in [2.45, 2.75) is 82.8 Å². The predicted molar refractivity (Wildman–Crippen MR) is 107 cm³/mol. The molecule has 2 aromatic rings. The zero-order chi connectivity index (χ0) is 21.7. The Bertz CT molecular complexity index is 928. The van der Waals surface area contributed by atoms with Crippen molar-refractivity contribution in [2.75, 3.05) is 6.54 Å². The van der Waals surface area contributed by atoms with E-state index in [9.17, 15) is 18.0 Å². The molecule has 30 heavy (non-hydrogen) atoms. The van der Waals surface area contributed by atoms with Crippen LogP contribution in [0.1, 0.15) is 81.3 Å². The summed E-state index contributed by atoms with van der Waals surface area (Å²) in [5.41, 5.74) is 3.31. The minimum absolute atomic E-state index is 0.0372. The average molecular weight is 422 g/mol. The molecule has 0 aromatic carbocycles. The summed E-state index contributed by atoms with van der Waals surface area (Å²) in [7, 11) is 0. The van der Waals surface area contributed by atoms with Gasteiger partial charge >= 0.3 is 6.18 Å². The van der Waals surface area contributed by atoms with Crippen molar-refractivity contribution in [1.29, 1.82) is 0 Å². The van der Waals surface area contributed by atoms with Gasteiger partial charge < -0.3 is 4.90 Å². The van der Waals surface area contributed by atoms with Crippen LogP contribution in [-0.4, -0.2) is 44.2 Å². The number of likely N-dealkylation sites (tertiary alicyclic amines) is 1. The van der Waals surface area contributed by atoms with E-state index in [-0.39, 0.29) is 30.2 Å². The fraction of sp³-hybridized carbons (Fsp3) is 0.682. The Balaban J connectivity index is 1.61. The van der Waals surface area contributed by atoms with Crippen LogP contribution in [0.2, 0.25) is 0 Å². The van der Waals surface area contributed by atoms with Crippen molar-refractivity contribution >= 4 is 12.1 Å². The Hall–Kier alpha value is -2.12. The van der Waals surface area contributed by atoms with Crippen LogP contribution in [0.4, 0.5) is 13.2 Å². The molecule has 2 aliphatic rings. The monoisotopic (exact) mass is 422 g/mol. The van der Waals surface area contributed by atoms with Crippen LogP contribution in [0.15, 0.2) is 12.1 Å². The minimum atomic E-state index is -4.10. The Morgan fingerprint density at radius 3 is 2.43 bits per heavy atom. The molecule has 2 aromatic heterocycles. The maximum atomic E-state index is 13.0. The molecule has 0 radical (unpaired) electrons. The summed E-state index contributed by atoms with van der Waals surface area (Å²) in [5.74, 6) is -1.00. The van der Waals surface area contributed by atoms with E-state index in [2.05, 4.69) is 18.8 Å². The van der Waals surface area contributed by atoms with Gasteiger partial charge in [-0.25, -0.2) is 9.50 Å². The molecule has 1 saturated heterocycles. The Kier molecular flexibility index (Phi) is 5.31. The van der Waals surface area contributed by atoms with E-state index >= 15 is 0 Å². The molecule has 164 valence electrons. The largest absolute Gasteiger partial charge is 0.391 e. The highest BCUT2D eigenvalue weighted by molar-refractivity contribution is 5.50. The van der Waals surface area contributed by atoms with Crippen LogP contribution < -0.4 is 0 Å². The van der Waals surface area contributed by atoms with Gasteiger partial charge in [0, 0.05) is 35.7 Å². The topological polar surface area (TPSA) is 50.5 Å². The molecule has 1 saturated carbocycles. The third kappa shape index (κ3) is 3.93. The lowest BCUT2D eigenvalue weighted by molar-refractivity contribution is -0.182. The van der Waals surface area contributed by atoms with Crippen LogP contribution in [0.25, 0.3) is 5.65 Å². The summed E-state index contributed by atoms with van der Waals surface area (Å²) in [6.07, 6.45) is -0.0187. The standard InChI is InChI=1S/C22H29F3N4O/c1-14-10-19(16-8-9-21(2,3)28(12-16)13-30)29-20(26-14)11-18(27-29)15-4-6-17(7-5-15)22(23,24)25/h10-11,13,15-17H,4-9,12H2,1-3H3/t15?,16-,17?/m1/s1. The van der Waals surface area contributed by atoms with E-state index in [1.165, 1.54) is 0 Å². The van der Waals surface area contributed by atoms with Crippen molar-refractivity contribution < 1.29 is 18.0 Å². The number of rotatable bonds is 3. The van der Waals surface area contributed by atoms with E-state index in [1.54, 1.807) is 0 Å². The van der Waals surface area contributed by atoms with Gasteiger partial charge in [-0.05, 0) is 65.4 Å². The lowest BCUT2D eigenvalue weighted by Crippen LogP contribution is -2.49.